The summed E-state index contributed by atoms with van der Waals surface area (Å²) in [6.45, 7) is 0. The molecule has 11 heavy (non-hydrogen) atoms. The molecular formula is C6H3ClFN3. The smallest absolute Gasteiger partial charge is 0.312 e. The molecule has 0 aliphatic rings. The molecule has 0 aliphatic heterocycles. The quantitative estimate of drug-likeness (QED) is 0.485. The van der Waals surface area contributed by atoms with Gasteiger partial charge in [-0.05, 0) is 6.07 Å². The number of fused-ring (bicyclic) bond motifs is 1. The molecule has 0 radical (unpaired) electrons. The molecule has 0 saturated heterocycles. The van der Waals surface area contributed by atoms with Crippen molar-refractivity contribution in [2.24, 2.45) is 0 Å². The first-order valence-electron chi connectivity index (χ1n) is 2.93. The van der Waals surface area contributed by atoms with Crippen LogP contribution in [-0.4, -0.2) is 15.0 Å². The summed E-state index contributed by atoms with van der Waals surface area (Å²) in [5.74, 6) is 0. The second-order valence-corrected chi connectivity index (χ2v) is 2.38. The molecule has 2 aromatic rings. The van der Waals surface area contributed by atoms with Crippen molar-refractivity contribution in [3.63, 3.8) is 0 Å². The number of H-pyrrole nitrogens is 1. The molecule has 0 aromatic carbocycles. The van der Waals surface area contributed by atoms with Gasteiger partial charge in [-0.1, -0.05) is 11.6 Å². The van der Waals surface area contributed by atoms with E-state index in [-0.39, 0.29) is 5.15 Å². The van der Waals surface area contributed by atoms with Crippen LogP contribution in [0.25, 0.3) is 11.0 Å². The molecule has 0 amide bonds. The van der Waals surface area contributed by atoms with Crippen molar-refractivity contribution < 1.29 is 4.39 Å². The van der Waals surface area contributed by atoms with Gasteiger partial charge in [-0.15, -0.1) is 0 Å². The van der Waals surface area contributed by atoms with Crippen molar-refractivity contribution in [3.8, 4) is 0 Å². The number of rotatable bonds is 0. The number of nitrogens with zero attached hydrogens (tertiary/aromatic N) is 2. The molecule has 0 atom stereocenters. The highest BCUT2D eigenvalue weighted by Gasteiger charge is 2.04. The molecule has 0 spiro atoms. The Morgan fingerprint density at radius 2 is 2.27 bits per heavy atom. The Hall–Kier alpha value is -1.16. The van der Waals surface area contributed by atoms with Crippen LogP contribution in [0.3, 0.4) is 0 Å². The number of hydrogen-bond donors (Lipinski definition) is 1. The summed E-state index contributed by atoms with van der Waals surface area (Å²) in [4.78, 5) is 9.55. The zero-order valence-corrected chi connectivity index (χ0v) is 6.06. The molecule has 0 aliphatic carbocycles. The number of aromatic amines is 1. The van der Waals surface area contributed by atoms with Crippen LogP contribution in [0, 0.1) is 6.08 Å². The lowest BCUT2D eigenvalue weighted by Gasteiger charge is -1.91. The van der Waals surface area contributed by atoms with Crippen molar-refractivity contribution in [3.05, 3.63) is 23.5 Å². The molecule has 56 valence electrons. The fourth-order valence-corrected chi connectivity index (χ4v) is 1.10. The van der Waals surface area contributed by atoms with Crippen molar-refractivity contribution in [2.75, 3.05) is 0 Å². The van der Waals surface area contributed by atoms with E-state index in [1.54, 1.807) is 12.3 Å². The molecule has 0 unspecified atom stereocenters. The number of nitrogens with one attached hydrogen (secondary N) is 1. The number of hydrogen-bond acceptors (Lipinski definition) is 2. The molecule has 2 aromatic heterocycles. The second kappa shape index (κ2) is 2.17. The van der Waals surface area contributed by atoms with Gasteiger partial charge < -0.3 is 4.98 Å². The van der Waals surface area contributed by atoms with E-state index < -0.39 is 6.08 Å². The summed E-state index contributed by atoms with van der Waals surface area (Å²) < 4.78 is 12.4. The largest absolute Gasteiger partial charge is 0.346 e. The van der Waals surface area contributed by atoms with E-state index in [0.29, 0.717) is 11.0 Å². The van der Waals surface area contributed by atoms with Crippen molar-refractivity contribution in [1.82, 2.24) is 15.0 Å². The van der Waals surface area contributed by atoms with Gasteiger partial charge in [0.15, 0.2) is 0 Å². The SMILES string of the molecule is Fc1nc(Cl)c2cc[nH]c2n1. The van der Waals surface area contributed by atoms with E-state index in [1.165, 1.54) is 0 Å². The summed E-state index contributed by atoms with van der Waals surface area (Å²) in [7, 11) is 0. The number of halogens is 2. The Morgan fingerprint density at radius 1 is 1.45 bits per heavy atom. The van der Waals surface area contributed by atoms with E-state index in [9.17, 15) is 4.39 Å². The standard InChI is InChI=1S/C6H3ClFN3/c7-4-3-1-2-9-5(3)11-6(8)10-4/h1-2H,(H,9,10,11). The summed E-state index contributed by atoms with van der Waals surface area (Å²) in [5.41, 5.74) is 0.419. The minimum Gasteiger partial charge on any atom is -0.346 e. The van der Waals surface area contributed by atoms with Gasteiger partial charge in [0.25, 0.3) is 0 Å². The summed E-state index contributed by atoms with van der Waals surface area (Å²) >= 11 is 5.59. The molecule has 1 N–H and O–H groups in total. The van der Waals surface area contributed by atoms with Gasteiger partial charge in [-0.2, -0.15) is 14.4 Å². The summed E-state index contributed by atoms with van der Waals surface area (Å²) in [6.07, 6.45) is 0.815. The Balaban J connectivity index is 2.91. The lowest BCUT2D eigenvalue weighted by atomic mass is 10.4. The second-order valence-electron chi connectivity index (χ2n) is 2.02. The average molecular weight is 172 g/mol. The van der Waals surface area contributed by atoms with Crippen molar-refractivity contribution in [1.29, 1.82) is 0 Å². The Morgan fingerprint density at radius 3 is 3.09 bits per heavy atom. The van der Waals surface area contributed by atoms with Gasteiger partial charge >= 0.3 is 6.08 Å². The lowest BCUT2D eigenvalue weighted by Crippen LogP contribution is -1.89. The van der Waals surface area contributed by atoms with Gasteiger partial charge in [0.05, 0.1) is 5.39 Å². The molecule has 0 bridgehead atoms. The fourth-order valence-electron chi connectivity index (χ4n) is 0.878. The van der Waals surface area contributed by atoms with Gasteiger partial charge in [0.1, 0.15) is 10.8 Å². The maximum Gasteiger partial charge on any atom is 0.312 e. The Kier molecular flexibility index (Phi) is 1.29. The number of aromatic nitrogens is 3. The van der Waals surface area contributed by atoms with E-state index in [1.807, 2.05) is 0 Å². The van der Waals surface area contributed by atoms with Crippen LogP contribution in [0.4, 0.5) is 4.39 Å². The van der Waals surface area contributed by atoms with Crippen molar-refractivity contribution >= 4 is 22.6 Å². The fraction of sp³-hybridized carbons (Fsp3) is 0. The highest BCUT2D eigenvalue weighted by molar-refractivity contribution is 6.33. The van der Waals surface area contributed by atoms with Crippen molar-refractivity contribution in [2.45, 2.75) is 0 Å². The lowest BCUT2D eigenvalue weighted by molar-refractivity contribution is 0.544. The first kappa shape index (κ1) is 6.54. The van der Waals surface area contributed by atoms with Gasteiger partial charge in [0, 0.05) is 6.20 Å². The predicted molar refractivity (Wildman–Crippen MR) is 38.9 cm³/mol. The Bertz CT molecular complexity index is 398. The molecule has 3 nitrogen and oxygen atoms in total. The first-order valence-corrected chi connectivity index (χ1v) is 3.31. The van der Waals surface area contributed by atoms with Crippen LogP contribution in [-0.2, 0) is 0 Å². The molecule has 0 saturated carbocycles. The molecule has 5 heteroatoms. The topological polar surface area (TPSA) is 41.6 Å². The van der Waals surface area contributed by atoms with E-state index >= 15 is 0 Å². The van der Waals surface area contributed by atoms with Gasteiger partial charge in [-0.25, -0.2) is 0 Å². The third kappa shape index (κ3) is 0.952. The third-order valence-electron chi connectivity index (χ3n) is 1.34. The Labute approximate surface area is 66.2 Å². The van der Waals surface area contributed by atoms with Crippen LogP contribution in [0.15, 0.2) is 12.3 Å². The predicted octanol–water partition coefficient (Wildman–Crippen LogP) is 1.75. The summed E-state index contributed by atoms with van der Waals surface area (Å²) in [5, 5.41) is 0.766. The van der Waals surface area contributed by atoms with Crippen LogP contribution in [0.5, 0.6) is 0 Å². The van der Waals surface area contributed by atoms with Crippen LogP contribution >= 0.6 is 11.6 Å². The minimum atomic E-state index is -0.815. The van der Waals surface area contributed by atoms with E-state index in [4.69, 9.17) is 11.6 Å². The zero-order valence-electron chi connectivity index (χ0n) is 5.31. The molecule has 2 heterocycles. The maximum absolute atomic E-state index is 12.4. The van der Waals surface area contributed by atoms with E-state index in [0.717, 1.165) is 0 Å². The average Bonchev–Trinajstić information content (AvgIpc) is 2.34. The molecular weight excluding hydrogens is 169 g/mol. The zero-order chi connectivity index (χ0) is 7.84. The first-order chi connectivity index (χ1) is 5.27. The normalized spacial score (nSPS) is 10.7. The molecule has 2 rings (SSSR count). The minimum absolute atomic E-state index is 0.133. The molecule has 0 fully saturated rings. The van der Waals surface area contributed by atoms with Crippen LogP contribution < -0.4 is 0 Å². The monoisotopic (exact) mass is 171 g/mol. The highest BCUT2D eigenvalue weighted by Crippen LogP contribution is 2.17. The van der Waals surface area contributed by atoms with Gasteiger partial charge in [0.2, 0.25) is 0 Å². The van der Waals surface area contributed by atoms with E-state index in [2.05, 4.69) is 15.0 Å². The third-order valence-corrected chi connectivity index (χ3v) is 1.63. The van der Waals surface area contributed by atoms with Crippen LogP contribution in [0.2, 0.25) is 5.15 Å². The van der Waals surface area contributed by atoms with Crippen LogP contribution in [0.1, 0.15) is 0 Å². The maximum atomic E-state index is 12.4. The van der Waals surface area contributed by atoms with Gasteiger partial charge in [-0.3, -0.25) is 0 Å². The highest BCUT2D eigenvalue weighted by atomic mass is 35.5. The summed E-state index contributed by atoms with van der Waals surface area (Å²) in [6, 6.07) is 1.69.